The van der Waals surface area contributed by atoms with Gasteiger partial charge in [-0.1, -0.05) is 29.3 Å². The smallest absolute Gasteiger partial charge is 0.303 e. The number of para-hydroxylation sites is 1. The van der Waals surface area contributed by atoms with Crippen LogP contribution in [0.15, 0.2) is 77.9 Å². The second-order valence-corrected chi connectivity index (χ2v) is 15.8. The molecule has 1 aliphatic heterocycles. The highest BCUT2D eigenvalue weighted by atomic mass is 32.2. The lowest BCUT2D eigenvalue weighted by molar-refractivity contribution is -0.438. The van der Waals surface area contributed by atoms with E-state index in [9.17, 15) is 4.79 Å². The summed E-state index contributed by atoms with van der Waals surface area (Å²) in [5.41, 5.74) is 3.77. The number of anilines is 1. The molecule has 1 atom stereocenters. The Morgan fingerprint density at radius 2 is 1.13 bits per heavy atom. The molecule has 0 amide bonds. The van der Waals surface area contributed by atoms with Gasteiger partial charge in [0, 0.05) is 61.0 Å². The second-order valence-electron chi connectivity index (χ2n) is 15.1. The number of nitrogens with zero attached hydrogens (tertiary/aromatic N) is 1. The van der Waals surface area contributed by atoms with Crippen LogP contribution in [0.3, 0.4) is 0 Å². The van der Waals surface area contributed by atoms with Gasteiger partial charge in [0.05, 0.1) is 150 Å². The van der Waals surface area contributed by atoms with Crippen LogP contribution in [0.4, 0.5) is 11.4 Å². The maximum Gasteiger partial charge on any atom is 0.303 e. The van der Waals surface area contributed by atoms with Crippen LogP contribution in [0.25, 0.3) is 0 Å². The Kier molecular flexibility index (Phi) is 34.2. The van der Waals surface area contributed by atoms with Crippen molar-refractivity contribution in [3.8, 4) is 0 Å². The van der Waals surface area contributed by atoms with E-state index in [4.69, 9.17) is 66.8 Å². The van der Waals surface area contributed by atoms with Crippen LogP contribution in [0.1, 0.15) is 44.6 Å². The Morgan fingerprint density at radius 3 is 1.61 bits per heavy atom. The van der Waals surface area contributed by atoms with Crippen LogP contribution in [0.2, 0.25) is 0 Å². The molecule has 1 unspecified atom stereocenters. The molecular weight excluding hydrogens is 893 g/mol. The monoisotopic (exact) mass is 967 g/mol. The van der Waals surface area contributed by atoms with Crippen LogP contribution in [-0.4, -0.2) is 179 Å². The fraction of sp³-hybridized carbons (Fsp3) is 0.625. The van der Waals surface area contributed by atoms with Gasteiger partial charge in [0.15, 0.2) is 5.71 Å². The maximum absolute atomic E-state index is 11.1. The molecule has 0 aromatic heterocycles. The highest BCUT2D eigenvalue weighted by Gasteiger charge is 2.47. The second kappa shape index (κ2) is 39.5. The van der Waals surface area contributed by atoms with Crippen molar-refractivity contribution in [1.82, 2.24) is 0 Å². The zero-order valence-corrected chi connectivity index (χ0v) is 40.3. The normalized spacial score (nSPS) is 14.9. The van der Waals surface area contributed by atoms with Gasteiger partial charge in [0.25, 0.3) is 0 Å². The minimum Gasteiger partial charge on any atom is -0.481 e. The number of carboxylic acids is 1. The van der Waals surface area contributed by atoms with Crippen molar-refractivity contribution in [2.45, 2.75) is 49.3 Å². The van der Waals surface area contributed by atoms with Gasteiger partial charge in [-0.25, -0.2) is 5.26 Å². The average Bonchev–Trinajstić information content (AvgIpc) is 3.56. The standard InChI is InChI=1S/C48H74N2O16S/c1-48(17-20-55-23-24-57-27-28-59-31-32-61-35-36-63-39-40-64-38-37-62-34-33-60-30-29-58-26-25-56-22-21-54-2)44-41-43(67-66-65-53)15-16-45(44)50(19-10-4-7-14-47(51)52)46(48)13-8-9-18-49-42-11-5-3-6-12-42/h3,5-6,8-9,11-13,15-16,18,41H,4,7,10,14,17,19-40H2,1-2H3,(H2,51,52,53)/p+1. The predicted molar refractivity (Wildman–Crippen MR) is 253 cm³/mol. The zero-order chi connectivity index (χ0) is 47.7. The minimum absolute atomic E-state index is 0.152. The molecule has 0 fully saturated rings. The third-order valence-electron chi connectivity index (χ3n) is 10.2. The molecule has 0 bridgehead atoms. The number of hydrogen-bond acceptors (Lipinski definition) is 17. The van der Waals surface area contributed by atoms with Gasteiger partial charge in [-0.15, -0.1) is 4.33 Å². The Bertz CT molecular complexity index is 1640. The van der Waals surface area contributed by atoms with E-state index in [1.54, 1.807) is 7.11 Å². The lowest BCUT2D eigenvalue weighted by atomic mass is 9.76. The summed E-state index contributed by atoms with van der Waals surface area (Å²) in [4.78, 5) is 11.9. The van der Waals surface area contributed by atoms with Crippen molar-refractivity contribution in [2.75, 3.05) is 158 Å². The quantitative estimate of drug-likeness (QED) is 0.0162. The Hall–Kier alpha value is -3.35. The number of carboxylic acid groups (broad SMARTS) is 1. The summed E-state index contributed by atoms with van der Waals surface area (Å²) in [5.74, 6) is -0.783. The number of hydrogen-bond donors (Lipinski definition) is 3. The lowest BCUT2D eigenvalue weighted by Crippen LogP contribution is -2.33. The van der Waals surface area contributed by atoms with Gasteiger partial charge in [0.1, 0.15) is 6.54 Å². The molecule has 19 heteroatoms. The zero-order valence-electron chi connectivity index (χ0n) is 39.5. The first kappa shape index (κ1) is 58.0. The molecule has 0 spiro atoms. The molecular formula is C48H75N2O16S+. The van der Waals surface area contributed by atoms with E-state index < -0.39 is 11.4 Å². The van der Waals surface area contributed by atoms with Gasteiger partial charge in [-0.3, -0.25) is 4.79 Å². The molecule has 18 nitrogen and oxygen atoms in total. The van der Waals surface area contributed by atoms with Crippen molar-refractivity contribution < 1.29 is 81.2 Å². The molecule has 67 heavy (non-hydrogen) atoms. The van der Waals surface area contributed by atoms with Crippen LogP contribution in [-0.2, 0) is 71.7 Å². The van der Waals surface area contributed by atoms with Crippen molar-refractivity contribution in [3.63, 3.8) is 0 Å². The summed E-state index contributed by atoms with van der Waals surface area (Å²) < 4.78 is 67.8. The molecule has 0 aliphatic carbocycles. The van der Waals surface area contributed by atoms with E-state index in [1.807, 2.05) is 66.9 Å². The largest absolute Gasteiger partial charge is 0.481 e. The Balaban J connectivity index is 1.26. The van der Waals surface area contributed by atoms with Crippen LogP contribution in [0, 0.1) is 0 Å². The molecule has 3 N–H and O–H groups in total. The van der Waals surface area contributed by atoms with E-state index in [0.29, 0.717) is 158 Å². The van der Waals surface area contributed by atoms with Crippen molar-refractivity contribution in [1.29, 1.82) is 0 Å². The third kappa shape index (κ3) is 26.8. The number of rotatable bonds is 46. The number of fused-ring (bicyclic) bond motifs is 1. The highest BCUT2D eigenvalue weighted by Crippen LogP contribution is 2.44. The number of unbranched alkanes of at least 4 members (excludes halogenated alkanes) is 2. The molecule has 2 aromatic rings. The van der Waals surface area contributed by atoms with E-state index >= 15 is 0 Å². The topological polar surface area (TPSA) is 193 Å². The number of methoxy groups -OCH3 is 1. The molecule has 0 radical (unpaired) electrons. The van der Waals surface area contributed by atoms with Gasteiger partial charge in [0.2, 0.25) is 5.69 Å². The van der Waals surface area contributed by atoms with Crippen LogP contribution < -0.4 is 5.32 Å². The fourth-order valence-electron chi connectivity index (χ4n) is 6.75. The summed E-state index contributed by atoms with van der Waals surface area (Å²) in [6.45, 7) is 13.2. The number of ether oxygens (including phenoxy) is 11. The number of carbonyl (C=O) groups is 1. The first-order chi connectivity index (χ1) is 33.0. The fourth-order valence-corrected chi connectivity index (χ4v) is 7.14. The molecule has 1 aliphatic rings. The van der Waals surface area contributed by atoms with Crippen LogP contribution >= 0.6 is 12.0 Å². The van der Waals surface area contributed by atoms with E-state index in [2.05, 4.69) is 27.9 Å². The molecule has 2 aromatic carbocycles. The molecule has 1 heterocycles. The highest BCUT2D eigenvalue weighted by molar-refractivity contribution is 7.94. The van der Waals surface area contributed by atoms with E-state index in [-0.39, 0.29) is 6.42 Å². The predicted octanol–water partition coefficient (Wildman–Crippen LogP) is 6.50. The van der Waals surface area contributed by atoms with Gasteiger partial charge in [-0.05, 0) is 56.5 Å². The molecule has 0 saturated heterocycles. The first-order valence-electron chi connectivity index (χ1n) is 23.1. The van der Waals surface area contributed by atoms with Crippen molar-refractivity contribution in [2.24, 2.45) is 0 Å². The van der Waals surface area contributed by atoms with Crippen molar-refractivity contribution >= 4 is 35.1 Å². The number of nitrogens with one attached hydrogen (secondary N) is 1. The average molecular weight is 968 g/mol. The van der Waals surface area contributed by atoms with Gasteiger partial charge >= 0.3 is 5.97 Å². The van der Waals surface area contributed by atoms with Crippen molar-refractivity contribution in [3.05, 3.63) is 78.5 Å². The van der Waals surface area contributed by atoms with Gasteiger partial charge in [-0.2, -0.15) is 4.58 Å². The third-order valence-corrected chi connectivity index (χ3v) is 10.7. The van der Waals surface area contributed by atoms with E-state index in [1.165, 1.54) is 0 Å². The molecule has 0 saturated carbocycles. The Morgan fingerprint density at radius 1 is 0.642 bits per heavy atom. The summed E-state index contributed by atoms with van der Waals surface area (Å²) in [5, 5.41) is 25.1. The number of allylic oxidation sites excluding steroid dienone is 3. The maximum atomic E-state index is 11.1. The Labute approximate surface area is 400 Å². The molecule has 378 valence electrons. The number of aliphatic carboxylic acids is 1. The van der Waals surface area contributed by atoms with E-state index in [0.717, 1.165) is 52.4 Å². The summed E-state index contributed by atoms with van der Waals surface area (Å²) in [6, 6.07) is 15.9. The summed E-state index contributed by atoms with van der Waals surface area (Å²) in [6.07, 6.45) is 11.1. The van der Waals surface area contributed by atoms with Gasteiger partial charge < -0.3 is 62.5 Å². The first-order valence-corrected chi connectivity index (χ1v) is 23.8. The minimum atomic E-state index is -0.783. The lowest BCUT2D eigenvalue weighted by Gasteiger charge is -2.23. The SMILES string of the molecule is COCCOCCOCCOCCOCCOCCOCCOCCOCCOCCOCCC1(C)C(/C=C/C=C/Nc2ccccc2)=[N+](CCCCCC(=O)O)c2ccc(SOOO)cc21. The molecule has 3 rings (SSSR count). The number of benzene rings is 2. The summed E-state index contributed by atoms with van der Waals surface area (Å²) in [7, 11) is 1.64. The summed E-state index contributed by atoms with van der Waals surface area (Å²) >= 11 is 0.918. The van der Waals surface area contributed by atoms with Crippen LogP contribution in [0.5, 0.6) is 0 Å².